The Morgan fingerprint density at radius 3 is 2.74 bits per heavy atom. The van der Waals surface area contributed by atoms with Crippen LogP contribution in [0.4, 0.5) is 10.5 Å². The van der Waals surface area contributed by atoms with E-state index < -0.39 is 0 Å². The van der Waals surface area contributed by atoms with E-state index in [0.29, 0.717) is 31.3 Å². The van der Waals surface area contributed by atoms with Crippen molar-refractivity contribution in [3.05, 3.63) is 60.9 Å². The van der Waals surface area contributed by atoms with Crippen molar-refractivity contribution in [3.8, 4) is 11.7 Å². The first-order valence-corrected chi connectivity index (χ1v) is 8.30. The molecule has 0 bridgehead atoms. The SMILES string of the molecule is COCCOc1ccc(NC(=O)NCc2ccc(-n3ccnc3)nc2)cn1. The molecule has 2 amide bonds. The van der Waals surface area contributed by atoms with Gasteiger partial charge in [0.05, 0.1) is 18.5 Å². The molecule has 0 radical (unpaired) electrons. The van der Waals surface area contributed by atoms with Gasteiger partial charge in [-0.2, -0.15) is 0 Å². The minimum absolute atomic E-state index is 0.330. The van der Waals surface area contributed by atoms with Crippen LogP contribution < -0.4 is 15.4 Å². The molecule has 9 heteroatoms. The fourth-order valence-corrected chi connectivity index (χ4v) is 2.20. The molecule has 2 N–H and O–H groups in total. The minimum atomic E-state index is -0.330. The van der Waals surface area contributed by atoms with E-state index in [4.69, 9.17) is 9.47 Å². The molecule has 3 aromatic rings. The largest absolute Gasteiger partial charge is 0.475 e. The van der Waals surface area contributed by atoms with Crippen LogP contribution in [0.1, 0.15) is 5.56 Å². The smallest absolute Gasteiger partial charge is 0.319 e. The number of urea groups is 1. The molecule has 0 aromatic carbocycles. The summed E-state index contributed by atoms with van der Waals surface area (Å²) in [5.74, 6) is 1.24. The van der Waals surface area contributed by atoms with Gasteiger partial charge in [0.15, 0.2) is 0 Å². The second-order valence-electron chi connectivity index (χ2n) is 5.53. The summed E-state index contributed by atoms with van der Waals surface area (Å²) in [5.41, 5.74) is 1.45. The van der Waals surface area contributed by atoms with Crippen molar-refractivity contribution in [2.75, 3.05) is 25.6 Å². The van der Waals surface area contributed by atoms with Crippen LogP contribution in [-0.4, -0.2) is 45.9 Å². The van der Waals surface area contributed by atoms with E-state index in [1.165, 1.54) is 6.20 Å². The van der Waals surface area contributed by atoms with E-state index >= 15 is 0 Å². The molecule has 140 valence electrons. The fraction of sp³-hybridized carbons (Fsp3) is 0.222. The predicted octanol–water partition coefficient (Wildman–Crippen LogP) is 2.01. The normalized spacial score (nSPS) is 10.4. The molecule has 27 heavy (non-hydrogen) atoms. The molecule has 0 saturated heterocycles. The molecular formula is C18H20N6O3. The van der Waals surface area contributed by atoms with Crippen molar-refractivity contribution in [2.45, 2.75) is 6.54 Å². The summed E-state index contributed by atoms with van der Waals surface area (Å²) in [6.07, 6.45) is 8.42. The summed E-state index contributed by atoms with van der Waals surface area (Å²) >= 11 is 0. The number of hydrogen-bond acceptors (Lipinski definition) is 6. The first-order chi connectivity index (χ1) is 13.2. The van der Waals surface area contributed by atoms with E-state index in [-0.39, 0.29) is 6.03 Å². The van der Waals surface area contributed by atoms with Gasteiger partial charge in [-0.3, -0.25) is 4.57 Å². The van der Waals surface area contributed by atoms with Crippen LogP contribution in [0.25, 0.3) is 5.82 Å². The number of carbonyl (C=O) groups is 1. The summed E-state index contributed by atoms with van der Waals surface area (Å²) < 4.78 is 12.1. The molecule has 0 aliphatic rings. The lowest BCUT2D eigenvalue weighted by Crippen LogP contribution is -2.28. The number of ether oxygens (including phenoxy) is 2. The zero-order chi connectivity index (χ0) is 18.9. The number of anilines is 1. The maximum Gasteiger partial charge on any atom is 0.319 e. The fourth-order valence-electron chi connectivity index (χ4n) is 2.20. The number of imidazole rings is 1. The number of pyridine rings is 2. The van der Waals surface area contributed by atoms with Gasteiger partial charge in [0.2, 0.25) is 5.88 Å². The summed E-state index contributed by atoms with van der Waals surface area (Å²) in [6.45, 7) is 1.27. The predicted molar refractivity (Wildman–Crippen MR) is 98.8 cm³/mol. The molecule has 9 nitrogen and oxygen atoms in total. The molecule has 0 spiro atoms. The van der Waals surface area contributed by atoms with E-state index in [1.807, 2.05) is 18.3 Å². The van der Waals surface area contributed by atoms with E-state index in [1.54, 1.807) is 42.5 Å². The zero-order valence-electron chi connectivity index (χ0n) is 14.8. The zero-order valence-corrected chi connectivity index (χ0v) is 14.8. The van der Waals surface area contributed by atoms with E-state index in [9.17, 15) is 4.79 Å². The van der Waals surface area contributed by atoms with Gasteiger partial charge in [-0.15, -0.1) is 0 Å². The van der Waals surface area contributed by atoms with Crippen molar-refractivity contribution >= 4 is 11.7 Å². The van der Waals surface area contributed by atoms with Crippen LogP contribution in [0.3, 0.4) is 0 Å². The molecule has 0 saturated carbocycles. The molecular weight excluding hydrogens is 348 g/mol. The lowest BCUT2D eigenvalue weighted by molar-refractivity contribution is 0.144. The van der Waals surface area contributed by atoms with Crippen molar-refractivity contribution in [1.29, 1.82) is 0 Å². The molecule has 0 unspecified atom stereocenters. The molecule has 0 atom stereocenters. The second kappa shape index (κ2) is 9.30. The van der Waals surface area contributed by atoms with E-state index in [0.717, 1.165) is 11.4 Å². The summed E-state index contributed by atoms with van der Waals surface area (Å²) in [4.78, 5) is 24.4. The molecule has 3 heterocycles. The first-order valence-electron chi connectivity index (χ1n) is 8.30. The van der Waals surface area contributed by atoms with Gasteiger partial charge in [-0.05, 0) is 17.7 Å². The van der Waals surface area contributed by atoms with Crippen molar-refractivity contribution in [3.63, 3.8) is 0 Å². The second-order valence-corrected chi connectivity index (χ2v) is 5.53. The monoisotopic (exact) mass is 368 g/mol. The Labute approximate surface area is 156 Å². The summed E-state index contributed by atoms with van der Waals surface area (Å²) in [7, 11) is 1.60. The van der Waals surface area contributed by atoms with Crippen LogP contribution >= 0.6 is 0 Å². The number of rotatable bonds is 8. The number of amides is 2. The summed E-state index contributed by atoms with van der Waals surface area (Å²) in [5, 5.41) is 5.49. The Morgan fingerprint density at radius 1 is 1.15 bits per heavy atom. The van der Waals surface area contributed by atoms with E-state index in [2.05, 4.69) is 25.6 Å². The number of aromatic nitrogens is 4. The number of carbonyl (C=O) groups excluding carboxylic acids is 1. The maximum atomic E-state index is 12.0. The highest BCUT2D eigenvalue weighted by Gasteiger charge is 2.04. The Kier molecular flexibility index (Phi) is 6.31. The van der Waals surface area contributed by atoms with Gasteiger partial charge >= 0.3 is 6.03 Å². The maximum absolute atomic E-state index is 12.0. The highest BCUT2D eigenvalue weighted by molar-refractivity contribution is 5.88. The van der Waals surface area contributed by atoms with Gasteiger partial charge in [-0.1, -0.05) is 6.07 Å². The van der Waals surface area contributed by atoms with Gasteiger partial charge in [0, 0.05) is 38.3 Å². The average molecular weight is 368 g/mol. The topological polar surface area (TPSA) is 103 Å². The number of methoxy groups -OCH3 is 1. The Morgan fingerprint density at radius 2 is 2.07 bits per heavy atom. The lowest BCUT2D eigenvalue weighted by Gasteiger charge is -2.09. The highest BCUT2D eigenvalue weighted by atomic mass is 16.5. The number of nitrogens with one attached hydrogen (secondary N) is 2. The van der Waals surface area contributed by atoms with Gasteiger partial charge in [0.25, 0.3) is 0 Å². The molecule has 3 rings (SSSR count). The minimum Gasteiger partial charge on any atom is -0.475 e. The standard InChI is InChI=1S/C18H20N6O3/c1-26-8-9-27-17-5-3-15(12-21-17)23-18(25)22-11-14-2-4-16(20-10-14)24-7-6-19-13-24/h2-7,10,12-13H,8-9,11H2,1H3,(H2,22,23,25). The van der Waals surface area contributed by atoms with Crippen LogP contribution in [0.15, 0.2) is 55.4 Å². The van der Waals surface area contributed by atoms with Crippen molar-refractivity contribution in [2.24, 2.45) is 0 Å². The van der Waals surface area contributed by atoms with Gasteiger partial charge < -0.3 is 20.1 Å². The molecule has 0 aliphatic carbocycles. The third-order valence-corrected chi connectivity index (χ3v) is 3.56. The Bertz CT molecular complexity index is 835. The van der Waals surface area contributed by atoms with Crippen LogP contribution in [0.2, 0.25) is 0 Å². The third kappa shape index (κ3) is 5.51. The quantitative estimate of drug-likeness (QED) is 0.590. The first kappa shape index (κ1) is 18.3. The highest BCUT2D eigenvalue weighted by Crippen LogP contribution is 2.11. The van der Waals surface area contributed by atoms with Crippen LogP contribution in [-0.2, 0) is 11.3 Å². The van der Waals surface area contributed by atoms with Crippen molar-refractivity contribution < 1.29 is 14.3 Å². The molecule has 0 fully saturated rings. The van der Waals surface area contributed by atoms with Crippen molar-refractivity contribution in [1.82, 2.24) is 24.8 Å². The molecule has 3 aromatic heterocycles. The summed E-state index contributed by atoms with van der Waals surface area (Å²) in [6, 6.07) is 6.84. The Balaban J connectivity index is 1.45. The lowest BCUT2D eigenvalue weighted by atomic mass is 10.3. The number of nitrogens with zero attached hydrogens (tertiary/aromatic N) is 4. The molecule has 0 aliphatic heterocycles. The van der Waals surface area contributed by atoms with Gasteiger partial charge in [0.1, 0.15) is 18.8 Å². The average Bonchev–Trinajstić information content (AvgIpc) is 3.23. The van der Waals surface area contributed by atoms with Crippen LogP contribution in [0, 0.1) is 0 Å². The third-order valence-electron chi connectivity index (χ3n) is 3.56. The van der Waals surface area contributed by atoms with Crippen LogP contribution in [0.5, 0.6) is 5.88 Å². The number of hydrogen-bond donors (Lipinski definition) is 2. The van der Waals surface area contributed by atoms with Gasteiger partial charge in [-0.25, -0.2) is 19.7 Å². The Hall–Kier alpha value is -3.46.